The lowest BCUT2D eigenvalue weighted by Crippen LogP contribution is -2.36. The molecule has 0 N–H and O–H groups in total. The van der Waals surface area contributed by atoms with Crippen molar-refractivity contribution in [3.63, 3.8) is 0 Å². The highest BCUT2D eigenvalue weighted by Crippen LogP contribution is 2.33. The number of carbonyl (C=O) groups is 1. The van der Waals surface area contributed by atoms with Crippen LogP contribution in [0.5, 0.6) is 5.75 Å². The molecule has 0 spiro atoms. The smallest absolute Gasteiger partial charge is 0.224 e. The normalized spacial score (nSPS) is 20.2. The average molecular weight is 400 g/mol. The molecule has 1 unspecified atom stereocenters. The number of tetrazole rings is 1. The molecule has 3 heterocycles. The van der Waals surface area contributed by atoms with Gasteiger partial charge in [0.1, 0.15) is 5.75 Å². The van der Waals surface area contributed by atoms with Crippen molar-refractivity contribution in [3.05, 3.63) is 35.7 Å². The third-order valence-corrected chi connectivity index (χ3v) is 5.66. The number of rotatable bonds is 7. The summed E-state index contributed by atoms with van der Waals surface area (Å²) in [4.78, 5) is 17.2. The highest BCUT2D eigenvalue weighted by Gasteiger charge is 2.30. The van der Waals surface area contributed by atoms with Crippen molar-refractivity contribution < 1.29 is 14.3 Å². The number of likely N-dealkylation sites (tertiary alicyclic amines) is 1. The van der Waals surface area contributed by atoms with Crippen molar-refractivity contribution in [2.24, 2.45) is 0 Å². The maximum Gasteiger partial charge on any atom is 0.224 e. The van der Waals surface area contributed by atoms with Gasteiger partial charge in [-0.1, -0.05) is 12.1 Å². The molecular weight excluding hydrogens is 372 g/mol. The minimum atomic E-state index is 0.110. The van der Waals surface area contributed by atoms with E-state index in [9.17, 15) is 4.79 Å². The monoisotopic (exact) mass is 400 g/mol. The Bertz CT molecular complexity index is 820. The van der Waals surface area contributed by atoms with Crippen LogP contribution >= 0.6 is 0 Å². The van der Waals surface area contributed by atoms with Crippen LogP contribution in [0.2, 0.25) is 0 Å². The van der Waals surface area contributed by atoms with Gasteiger partial charge in [-0.2, -0.15) is 0 Å². The van der Waals surface area contributed by atoms with Crippen molar-refractivity contribution in [3.8, 4) is 5.75 Å². The summed E-state index contributed by atoms with van der Waals surface area (Å²) in [5.41, 5.74) is 1.13. The lowest BCUT2D eigenvalue weighted by atomic mass is 10.0. The summed E-state index contributed by atoms with van der Waals surface area (Å²) >= 11 is 0. The molecule has 156 valence electrons. The van der Waals surface area contributed by atoms with Crippen LogP contribution in [0.15, 0.2) is 24.3 Å². The number of aromatic nitrogens is 4. The maximum absolute atomic E-state index is 13.0. The molecule has 1 amide bonds. The number of carbonyl (C=O) groups excluding carboxylic acids is 1. The lowest BCUT2D eigenvalue weighted by molar-refractivity contribution is -0.132. The number of hydrogen-bond donors (Lipinski definition) is 0. The SMILES string of the molecule is COc1cccc(C2CCCN2C(=O)CCn2nnnc2CN2CCOCC2)c1. The highest BCUT2D eigenvalue weighted by molar-refractivity contribution is 5.77. The number of ether oxygens (including phenoxy) is 2. The zero-order chi connectivity index (χ0) is 20.1. The summed E-state index contributed by atoms with van der Waals surface area (Å²) in [5, 5.41) is 12.0. The molecule has 2 aliphatic rings. The van der Waals surface area contributed by atoms with Crippen molar-refractivity contribution in [1.82, 2.24) is 30.0 Å². The van der Waals surface area contributed by atoms with Crippen LogP contribution in [0.1, 0.15) is 36.7 Å². The van der Waals surface area contributed by atoms with E-state index in [0.717, 1.165) is 62.8 Å². The maximum atomic E-state index is 13.0. The third-order valence-electron chi connectivity index (χ3n) is 5.66. The second-order valence-corrected chi connectivity index (χ2v) is 7.48. The zero-order valence-corrected chi connectivity index (χ0v) is 16.9. The van der Waals surface area contributed by atoms with E-state index in [0.29, 0.717) is 19.5 Å². The minimum Gasteiger partial charge on any atom is -0.497 e. The van der Waals surface area contributed by atoms with Gasteiger partial charge in [-0.05, 0) is 41.0 Å². The summed E-state index contributed by atoms with van der Waals surface area (Å²) < 4.78 is 12.5. The molecule has 1 atom stereocenters. The molecule has 2 aromatic rings. The number of amides is 1. The van der Waals surface area contributed by atoms with Crippen LogP contribution in [-0.2, 0) is 22.6 Å². The molecule has 0 saturated carbocycles. The molecule has 9 heteroatoms. The molecule has 1 aromatic heterocycles. The molecule has 2 saturated heterocycles. The van der Waals surface area contributed by atoms with E-state index in [4.69, 9.17) is 9.47 Å². The highest BCUT2D eigenvalue weighted by atomic mass is 16.5. The molecule has 9 nitrogen and oxygen atoms in total. The Morgan fingerprint density at radius 1 is 1.28 bits per heavy atom. The van der Waals surface area contributed by atoms with Gasteiger partial charge in [0, 0.05) is 26.1 Å². The van der Waals surface area contributed by atoms with Gasteiger partial charge < -0.3 is 14.4 Å². The first-order chi connectivity index (χ1) is 14.2. The van der Waals surface area contributed by atoms with E-state index in [1.807, 2.05) is 23.1 Å². The lowest BCUT2D eigenvalue weighted by Gasteiger charge is -2.26. The van der Waals surface area contributed by atoms with Crippen LogP contribution in [0.3, 0.4) is 0 Å². The Morgan fingerprint density at radius 2 is 2.14 bits per heavy atom. The Balaban J connectivity index is 1.36. The second kappa shape index (κ2) is 9.32. The number of methoxy groups -OCH3 is 1. The quantitative estimate of drug-likeness (QED) is 0.692. The Hall–Kier alpha value is -2.52. The first kappa shape index (κ1) is 19.8. The fraction of sp³-hybridized carbons (Fsp3) is 0.600. The Kier molecular flexibility index (Phi) is 6.36. The fourth-order valence-electron chi connectivity index (χ4n) is 4.08. The van der Waals surface area contributed by atoms with Crippen molar-refractivity contribution in [2.75, 3.05) is 40.0 Å². The van der Waals surface area contributed by atoms with Crippen LogP contribution in [-0.4, -0.2) is 75.9 Å². The topological polar surface area (TPSA) is 85.6 Å². The van der Waals surface area contributed by atoms with E-state index >= 15 is 0 Å². The van der Waals surface area contributed by atoms with Gasteiger partial charge in [-0.25, -0.2) is 4.68 Å². The van der Waals surface area contributed by atoms with E-state index in [1.165, 1.54) is 0 Å². The summed E-state index contributed by atoms with van der Waals surface area (Å²) in [6.07, 6.45) is 2.38. The summed E-state index contributed by atoms with van der Waals surface area (Å²) in [6.45, 7) is 5.19. The van der Waals surface area contributed by atoms with E-state index in [2.05, 4.69) is 26.5 Å². The van der Waals surface area contributed by atoms with Gasteiger partial charge in [0.25, 0.3) is 0 Å². The van der Waals surface area contributed by atoms with Gasteiger partial charge in [0.2, 0.25) is 5.91 Å². The largest absolute Gasteiger partial charge is 0.497 e. The first-order valence-electron chi connectivity index (χ1n) is 10.2. The van der Waals surface area contributed by atoms with E-state index < -0.39 is 0 Å². The van der Waals surface area contributed by atoms with Crippen molar-refractivity contribution >= 4 is 5.91 Å². The van der Waals surface area contributed by atoms with E-state index in [-0.39, 0.29) is 11.9 Å². The Labute approximate surface area is 170 Å². The molecule has 0 aliphatic carbocycles. The number of morpholine rings is 1. The molecule has 4 rings (SSSR count). The molecule has 0 bridgehead atoms. The van der Waals surface area contributed by atoms with Gasteiger partial charge in [0.15, 0.2) is 5.82 Å². The number of nitrogens with zero attached hydrogens (tertiary/aromatic N) is 6. The second-order valence-electron chi connectivity index (χ2n) is 7.48. The molecule has 2 aliphatic heterocycles. The molecular formula is C20H28N6O3. The summed E-state index contributed by atoms with van der Waals surface area (Å²) in [7, 11) is 1.66. The third kappa shape index (κ3) is 4.73. The molecule has 29 heavy (non-hydrogen) atoms. The standard InChI is InChI=1S/C20H28N6O3/c1-28-17-5-2-4-16(14-17)18-6-3-8-25(18)20(27)7-9-26-19(21-22-23-26)15-24-10-12-29-13-11-24/h2,4-5,14,18H,3,6-13,15H2,1H3. The fourth-order valence-corrected chi connectivity index (χ4v) is 4.08. The van der Waals surface area contributed by atoms with Crippen LogP contribution < -0.4 is 4.74 Å². The van der Waals surface area contributed by atoms with Crippen LogP contribution in [0, 0.1) is 0 Å². The van der Waals surface area contributed by atoms with Gasteiger partial charge in [0.05, 0.1) is 39.5 Å². The number of benzene rings is 1. The Morgan fingerprint density at radius 3 is 2.97 bits per heavy atom. The predicted molar refractivity (Wildman–Crippen MR) is 105 cm³/mol. The van der Waals surface area contributed by atoms with Gasteiger partial charge in [-0.15, -0.1) is 5.10 Å². The molecule has 0 radical (unpaired) electrons. The molecule has 2 fully saturated rings. The van der Waals surface area contributed by atoms with Crippen molar-refractivity contribution in [1.29, 1.82) is 0 Å². The summed E-state index contributed by atoms with van der Waals surface area (Å²) in [6, 6.07) is 8.12. The van der Waals surface area contributed by atoms with Crippen molar-refractivity contribution in [2.45, 2.75) is 38.4 Å². The van der Waals surface area contributed by atoms with E-state index in [1.54, 1.807) is 11.8 Å². The first-order valence-corrected chi connectivity index (χ1v) is 10.2. The van der Waals surface area contributed by atoms with Gasteiger partial charge in [-0.3, -0.25) is 9.69 Å². The number of aryl methyl sites for hydroxylation is 1. The minimum absolute atomic E-state index is 0.110. The zero-order valence-electron chi connectivity index (χ0n) is 16.9. The van der Waals surface area contributed by atoms with Gasteiger partial charge >= 0.3 is 0 Å². The summed E-state index contributed by atoms with van der Waals surface area (Å²) in [5.74, 6) is 1.76. The average Bonchev–Trinajstić information content (AvgIpc) is 3.42. The number of hydrogen-bond acceptors (Lipinski definition) is 7. The van der Waals surface area contributed by atoms with Crippen LogP contribution in [0.25, 0.3) is 0 Å². The molecule has 1 aromatic carbocycles. The predicted octanol–water partition coefficient (Wildman–Crippen LogP) is 1.27. The van der Waals surface area contributed by atoms with Crippen LogP contribution in [0.4, 0.5) is 0 Å².